The smallest absolute Gasteiger partial charge is 0.337 e. The first-order valence-electron chi connectivity index (χ1n) is 6.79. The number of hydrogen-bond donors (Lipinski definition) is 1. The molecule has 1 fully saturated rings. The number of benzene rings is 1. The highest BCUT2D eigenvalue weighted by atomic mass is 32.2. The first-order valence-corrected chi connectivity index (χ1v) is 8.23. The minimum absolute atomic E-state index is 0.0838. The van der Waals surface area contributed by atoms with Crippen molar-refractivity contribution in [2.75, 3.05) is 20.1 Å². The predicted molar refractivity (Wildman–Crippen MR) is 78.8 cm³/mol. The zero-order chi connectivity index (χ0) is 15.8. The molecule has 6 nitrogen and oxygen atoms in total. The molecule has 1 aromatic carbocycles. The van der Waals surface area contributed by atoms with Gasteiger partial charge in [0.1, 0.15) is 0 Å². The van der Waals surface area contributed by atoms with E-state index in [0.29, 0.717) is 13.1 Å². The molecule has 0 saturated carbocycles. The van der Waals surface area contributed by atoms with E-state index in [4.69, 9.17) is 0 Å². The maximum atomic E-state index is 12.8. The fraction of sp³-hybridized carbons (Fsp3) is 0.500. The van der Waals surface area contributed by atoms with Crippen LogP contribution in [0.5, 0.6) is 0 Å². The summed E-state index contributed by atoms with van der Waals surface area (Å²) in [7, 11) is -1.84. The number of carboxylic acid groups (broad SMARTS) is 1. The molecule has 1 saturated heterocycles. The molecule has 21 heavy (non-hydrogen) atoms. The Hall–Kier alpha value is -1.44. The largest absolute Gasteiger partial charge is 0.478 e. The predicted octanol–water partition coefficient (Wildman–Crippen LogP) is 1.10. The first-order chi connectivity index (χ1) is 9.75. The molecule has 0 spiro atoms. The molecule has 0 radical (unpaired) electrons. The van der Waals surface area contributed by atoms with Crippen LogP contribution >= 0.6 is 0 Å². The van der Waals surface area contributed by atoms with E-state index in [1.165, 1.54) is 22.5 Å². The maximum Gasteiger partial charge on any atom is 0.337 e. The van der Waals surface area contributed by atoms with Crippen LogP contribution in [0.3, 0.4) is 0 Å². The third-order valence-electron chi connectivity index (χ3n) is 4.06. The lowest BCUT2D eigenvalue weighted by atomic mass is 10.1. The molecule has 1 aromatic rings. The van der Waals surface area contributed by atoms with Crippen LogP contribution in [0.1, 0.15) is 24.2 Å². The van der Waals surface area contributed by atoms with Crippen molar-refractivity contribution in [2.45, 2.75) is 30.8 Å². The Morgan fingerprint density at radius 2 is 1.71 bits per heavy atom. The van der Waals surface area contributed by atoms with Crippen LogP contribution in [-0.2, 0) is 10.0 Å². The van der Waals surface area contributed by atoms with Crippen molar-refractivity contribution in [1.82, 2.24) is 9.21 Å². The van der Waals surface area contributed by atoms with Crippen molar-refractivity contribution >= 4 is 16.0 Å². The summed E-state index contributed by atoms with van der Waals surface area (Å²) in [5.74, 6) is -1.23. The number of nitrogens with zero attached hydrogens (tertiary/aromatic N) is 2. The van der Waals surface area contributed by atoms with E-state index < -0.39 is 16.0 Å². The van der Waals surface area contributed by atoms with E-state index in [0.717, 1.165) is 0 Å². The second-order valence-electron chi connectivity index (χ2n) is 5.49. The van der Waals surface area contributed by atoms with Gasteiger partial charge in [0, 0.05) is 25.2 Å². The topological polar surface area (TPSA) is 77.9 Å². The summed E-state index contributed by atoms with van der Waals surface area (Å²) in [5, 5.41) is 9.18. The van der Waals surface area contributed by atoms with Gasteiger partial charge in [0.15, 0.2) is 0 Å². The lowest BCUT2D eigenvalue weighted by molar-refractivity contribution is 0.0692. The van der Waals surface area contributed by atoms with E-state index in [9.17, 15) is 18.3 Å². The van der Waals surface area contributed by atoms with Gasteiger partial charge in [0.05, 0.1) is 10.5 Å². The number of piperazine rings is 1. The third kappa shape index (κ3) is 2.95. The second kappa shape index (κ2) is 5.75. The normalized spacial score (nSPS) is 24.9. The van der Waals surface area contributed by atoms with Crippen LogP contribution in [0.25, 0.3) is 0 Å². The highest BCUT2D eigenvalue weighted by Gasteiger charge is 2.36. The van der Waals surface area contributed by atoms with Crippen molar-refractivity contribution in [3.8, 4) is 0 Å². The molecule has 0 bridgehead atoms. The fourth-order valence-corrected chi connectivity index (χ4v) is 4.35. The quantitative estimate of drug-likeness (QED) is 0.904. The van der Waals surface area contributed by atoms with E-state index in [1.807, 2.05) is 20.9 Å². The third-order valence-corrected chi connectivity index (χ3v) is 5.95. The summed E-state index contributed by atoms with van der Waals surface area (Å²) < 4.78 is 26.9. The van der Waals surface area contributed by atoms with Gasteiger partial charge in [-0.25, -0.2) is 13.2 Å². The van der Waals surface area contributed by atoms with Gasteiger partial charge >= 0.3 is 5.97 Å². The van der Waals surface area contributed by atoms with Gasteiger partial charge < -0.3 is 5.11 Å². The number of rotatable bonds is 3. The molecule has 1 aliphatic rings. The average Bonchev–Trinajstić information content (AvgIpc) is 2.44. The Labute approximate surface area is 125 Å². The van der Waals surface area contributed by atoms with Crippen LogP contribution in [0.15, 0.2) is 29.2 Å². The molecule has 1 heterocycles. The Bertz CT molecular complexity index is 632. The van der Waals surface area contributed by atoms with Gasteiger partial charge in [-0.15, -0.1) is 0 Å². The zero-order valence-corrected chi connectivity index (χ0v) is 13.2. The van der Waals surface area contributed by atoms with E-state index >= 15 is 0 Å². The van der Waals surface area contributed by atoms with Crippen LogP contribution in [0.4, 0.5) is 0 Å². The SMILES string of the molecule is CC1CN(S(=O)(=O)c2ccccc2C(=O)O)CC(C)N1C. The molecule has 1 N–H and O–H groups in total. The van der Waals surface area contributed by atoms with Gasteiger partial charge in [-0.05, 0) is 33.0 Å². The average molecular weight is 312 g/mol. The van der Waals surface area contributed by atoms with E-state index in [-0.39, 0.29) is 22.5 Å². The van der Waals surface area contributed by atoms with Crippen LogP contribution < -0.4 is 0 Å². The van der Waals surface area contributed by atoms with Crippen molar-refractivity contribution in [2.24, 2.45) is 0 Å². The van der Waals surface area contributed by atoms with Crippen molar-refractivity contribution in [3.05, 3.63) is 29.8 Å². The number of aromatic carboxylic acids is 1. The molecule has 0 aliphatic carbocycles. The first kappa shape index (κ1) is 15.9. The van der Waals surface area contributed by atoms with Crippen molar-refractivity contribution in [1.29, 1.82) is 0 Å². The zero-order valence-electron chi connectivity index (χ0n) is 12.4. The highest BCUT2D eigenvalue weighted by molar-refractivity contribution is 7.89. The number of likely N-dealkylation sites (N-methyl/N-ethyl adjacent to an activating group) is 1. The van der Waals surface area contributed by atoms with Crippen LogP contribution in [0.2, 0.25) is 0 Å². The van der Waals surface area contributed by atoms with Gasteiger partial charge in [-0.1, -0.05) is 12.1 Å². The Morgan fingerprint density at radius 1 is 1.19 bits per heavy atom. The number of hydrogen-bond acceptors (Lipinski definition) is 4. The van der Waals surface area contributed by atoms with E-state index in [1.54, 1.807) is 6.07 Å². The highest BCUT2D eigenvalue weighted by Crippen LogP contribution is 2.24. The second-order valence-corrected chi connectivity index (χ2v) is 7.39. The Kier molecular flexibility index (Phi) is 4.36. The summed E-state index contributed by atoms with van der Waals surface area (Å²) >= 11 is 0. The summed E-state index contributed by atoms with van der Waals surface area (Å²) in [5.41, 5.74) is -0.184. The Morgan fingerprint density at radius 3 is 2.24 bits per heavy atom. The molecule has 2 atom stereocenters. The number of sulfonamides is 1. The molecule has 116 valence electrons. The lowest BCUT2D eigenvalue weighted by Crippen LogP contribution is -2.56. The molecule has 0 aromatic heterocycles. The molecule has 1 aliphatic heterocycles. The maximum absolute atomic E-state index is 12.8. The van der Waals surface area contributed by atoms with Crippen molar-refractivity contribution < 1.29 is 18.3 Å². The summed E-state index contributed by atoms with van der Waals surface area (Å²) in [6.07, 6.45) is 0. The molecular weight excluding hydrogens is 292 g/mol. The number of carboxylic acids is 1. The molecule has 0 amide bonds. The van der Waals surface area contributed by atoms with Gasteiger partial charge in [0.25, 0.3) is 0 Å². The van der Waals surface area contributed by atoms with E-state index in [2.05, 4.69) is 4.90 Å². The van der Waals surface area contributed by atoms with Gasteiger partial charge in [-0.2, -0.15) is 4.31 Å². The summed E-state index contributed by atoms with van der Waals surface area (Å²) in [6.45, 7) is 4.64. The Balaban J connectivity index is 2.42. The standard InChI is InChI=1S/C14H20N2O4S/c1-10-8-16(9-11(2)15(10)3)21(19,20)13-7-5-4-6-12(13)14(17)18/h4-7,10-11H,8-9H2,1-3H3,(H,17,18). The monoisotopic (exact) mass is 312 g/mol. The van der Waals surface area contributed by atoms with Crippen LogP contribution in [-0.4, -0.2) is 60.9 Å². The van der Waals surface area contributed by atoms with Crippen molar-refractivity contribution in [3.63, 3.8) is 0 Å². The molecule has 2 rings (SSSR count). The van der Waals surface area contributed by atoms with Crippen LogP contribution in [0, 0.1) is 0 Å². The molecule has 2 unspecified atom stereocenters. The molecular formula is C14H20N2O4S. The molecule has 7 heteroatoms. The summed E-state index contributed by atoms with van der Waals surface area (Å²) in [6, 6.07) is 5.91. The minimum atomic E-state index is -3.80. The fourth-order valence-electron chi connectivity index (χ4n) is 2.56. The van der Waals surface area contributed by atoms with Gasteiger partial charge in [-0.3, -0.25) is 4.90 Å². The van der Waals surface area contributed by atoms with Gasteiger partial charge in [0.2, 0.25) is 10.0 Å². The minimum Gasteiger partial charge on any atom is -0.478 e. The number of carbonyl (C=O) groups is 1. The lowest BCUT2D eigenvalue weighted by Gasteiger charge is -2.41. The summed E-state index contributed by atoms with van der Waals surface area (Å²) in [4.78, 5) is 13.2.